The standard InChI is InChI=1S/C15H24N2OS/c1-4-11(3)14-13(10-18)19-15(16-14)17(5-2)9-12-7-6-8-12/h10-12H,4-9H2,1-3H3. The van der Waals surface area contributed by atoms with Crippen LogP contribution in [0, 0.1) is 5.92 Å². The van der Waals surface area contributed by atoms with Crippen molar-refractivity contribution in [3.8, 4) is 0 Å². The van der Waals surface area contributed by atoms with Gasteiger partial charge in [0, 0.05) is 13.1 Å². The molecule has 0 N–H and O–H groups in total. The highest BCUT2D eigenvalue weighted by molar-refractivity contribution is 7.17. The summed E-state index contributed by atoms with van der Waals surface area (Å²) < 4.78 is 0. The normalized spacial score (nSPS) is 17.0. The Morgan fingerprint density at radius 1 is 1.47 bits per heavy atom. The predicted octanol–water partition coefficient (Wildman–Crippen LogP) is 4.10. The Labute approximate surface area is 120 Å². The van der Waals surface area contributed by atoms with Gasteiger partial charge in [0.15, 0.2) is 11.4 Å². The van der Waals surface area contributed by atoms with Gasteiger partial charge in [0.1, 0.15) is 0 Å². The summed E-state index contributed by atoms with van der Waals surface area (Å²) in [6.07, 6.45) is 6.07. The van der Waals surface area contributed by atoms with Crippen LogP contribution in [-0.2, 0) is 0 Å². The Kier molecular flexibility index (Phi) is 4.97. The molecule has 1 aliphatic carbocycles. The van der Waals surface area contributed by atoms with E-state index >= 15 is 0 Å². The molecule has 1 unspecified atom stereocenters. The topological polar surface area (TPSA) is 33.2 Å². The molecule has 1 aromatic rings. The second-order valence-electron chi connectivity index (χ2n) is 5.51. The molecule has 0 aliphatic heterocycles. The third kappa shape index (κ3) is 3.16. The van der Waals surface area contributed by atoms with E-state index in [0.29, 0.717) is 5.92 Å². The number of anilines is 1. The monoisotopic (exact) mass is 280 g/mol. The molecule has 1 aromatic heterocycles. The largest absolute Gasteiger partial charge is 0.348 e. The van der Waals surface area contributed by atoms with Crippen LogP contribution in [0.4, 0.5) is 5.13 Å². The minimum atomic E-state index is 0.368. The summed E-state index contributed by atoms with van der Waals surface area (Å²) in [4.78, 5) is 19.1. The Bertz CT molecular complexity index is 426. The number of thiazole rings is 1. The van der Waals surface area contributed by atoms with Crippen LogP contribution in [0.1, 0.15) is 67.7 Å². The van der Waals surface area contributed by atoms with E-state index in [-0.39, 0.29) is 0 Å². The third-order valence-electron chi connectivity index (χ3n) is 4.21. The van der Waals surface area contributed by atoms with Crippen molar-refractivity contribution < 1.29 is 4.79 Å². The molecule has 0 amide bonds. The van der Waals surface area contributed by atoms with E-state index in [0.717, 1.165) is 47.4 Å². The van der Waals surface area contributed by atoms with Gasteiger partial charge >= 0.3 is 0 Å². The fraction of sp³-hybridized carbons (Fsp3) is 0.733. The second kappa shape index (κ2) is 6.51. The van der Waals surface area contributed by atoms with E-state index < -0.39 is 0 Å². The zero-order valence-electron chi connectivity index (χ0n) is 12.2. The molecule has 1 aliphatic rings. The number of aldehydes is 1. The smallest absolute Gasteiger partial charge is 0.186 e. The van der Waals surface area contributed by atoms with Crippen molar-refractivity contribution >= 4 is 22.8 Å². The van der Waals surface area contributed by atoms with Gasteiger partial charge in [-0.2, -0.15) is 0 Å². The number of carbonyl (C=O) groups is 1. The lowest BCUT2D eigenvalue weighted by molar-refractivity contribution is 0.112. The van der Waals surface area contributed by atoms with E-state index in [4.69, 9.17) is 4.98 Å². The molecule has 0 bridgehead atoms. The average molecular weight is 280 g/mol. The summed E-state index contributed by atoms with van der Waals surface area (Å²) in [6, 6.07) is 0. The summed E-state index contributed by atoms with van der Waals surface area (Å²) in [5, 5.41) is 1.03. The Balaban J connectivity index is 2.17. The number of carbonyl (C=O) groups excluding carboxylic acids is 1. The van der Waals surface area contributed by atoms with Crippen molar-refractivity contribution in [2.75, 3.05) is 18.0 Å². The molecule has 3 nitrogen and oxygen atoms in total. The van der Waals surface area contributed by atoms with Crippen molar-refractivity contribution in [1.29, 1.82) is 0 Å². The highest BCUT2D eigenvalue weighted by Crippen LogP contribution is 2.33. The van der Waals surface area contributed by atoms with Gasteiger partial charge in [-0.1, -0.05) is 31.6 Å². The lowest BCUT2D eigenvalue weighted by Crippen LogP contribution is -2.32. The van der Waals surface area contributed by atoms with Crippen molar-refractivity contribution in [3.63, 3.8) is 0 Å². The van der Waals surface area contributed by atoms with E-state index in [2.05, 4.69) is 25.7 Å². The fourth-order valence-corrected chi connectivity index (χ4v) is 3.50. The van der Waals surface area contributed by atoms with Crippen LogP contribution in [0.5, 0.6) is 0 Å². The van der Waals surface area contributed by atoms with E-state index in [1.54, 1.807) is 11.3 Å². The maximum atomic E-state index is 11.2. The quantitative estimate of drug-likeness (QED) is 0.705. The summed E-state index contributed by atoms with van der Waals surface area (Å²) >= 11 is 1.56. The summed E-state index contributed by atoms with van der Waals surface area (Å²) in [5.41, 5.74) is 0.990. The lowest BCUT2D eigenvalue weighted by Gasteiger charge is -2.31. The molecule has 2 rings (SSSR count). The molecule has 4 heteroatoms. The van der Waals surface area contributed by atoms with Crippen LogP contribution in [0.25, 0.3) is 0 Å². The molecule has 1 fully saturated rings. The fourth-order valence-electron chi connectivity index (χ4n) is 2.43. The Morgan fingerprint density at radius 3 is 2.68 bits per heavy atom. The molecule has 0 radical (unpaired) electrons. The van der Waals surface area contributed by atoms with Gasteiger partial charge in [0.05, 0.1) is 10.6 Å². The van der Waals surface area contributed by atoms with Crippen LogP contribution in [0.15, 0.2) is 0 Å². The number of hydrogen-bond donors (Lipinski definition) is 0. The zero-order valence-corrected chi connectivity index (χ0v) is 13.0. The molecule has 1 saturated carbocycles. The zero-order chi connectivity index (χ0) is 13.8. The van der Waals surface area contributed by atoms with Crippen LogP contribution in [0.2, 0.25) is 0 Å². The SMILES string of the molecule is CCC(C)c1nc(N(CC)CC2CCC2)sc1C=O. The van der Waals surface area contributed by atoms with Crippen LogP contribution in [0.3, 0.4) is 0 Å². The van der Waals surface area contributed by atoms with Crippen molar-refractivity contribution in [1.82, 2.24) is 4.98 Å². The second-order valence-corrected chi connectivity index (χ2v) is 6.52. The summed E-state index contributed by atoms with van der Waals surface area (Å²) in [6.45, 7) is 8.53. The first-order valence-corrected chi connectivity index (χ1v) is 8.22. The molecular weight excluding hydrogens is 256 g/mol. The summed E-state index contributed by atoms with van der Waals surface area (Å²) in [7, 11) is 0. The maximum absolute atomic E-state index is 11.2. The number of nitrogens with zero attached hydrogens (tertiary/aromatic N) is 2. The number of rotatable bonds is 7. The van der Waals surface area contributed by atoms with Gasteiger partial charge in [0.2, 0.25) is 0 Å². The molecule has 106 valence electrons. The van der Waals surface area contributed by atoms with E-state index in [9.17, 15) is 4.79 Å². The van der Waals surface area contributed by atoms with Crippen molar-refractivity contribution in [2.45, 2.75) is 52.4 Å². The van der Waals surface area contributed by atoms with Gasteiger partial charge in [0.25, 0.3) is 0 Å². The molecular formula is C15H24N2OS. The Hall–Kier alpha value is -0.900. The first-order valence-electron chi connectivity index (χ1n) is 7.40. The van der Waals surface area contributed by atoms with Gasteiger partial charge in [-0.3, -0.25) is 4.79 Å². The lowest BCUT2D eigenvalue weighted by atomic mass is 9.85. The van der Waals surface area contributed by atoms with Crippen molar-refractivity contribution in [3.05, 3.63) is 10.6 Å². The number of aromatic nitrogens is 1. The minimum Gasteiger partial charge on any atom is -0.348 e. The average Bonchev–Trinajstić information content (AvgIpc) is 2.80. The maximum Gasteiger partial charge on any atom is 0.186 e. The first kappa shape index (κ1) is 14.5. The molecule has 1 atom stereocenters. The highest BCUT2D eigenvalue weighted by Gasteiger charge is 2.23. The predicted molar refractivity (Wildman–Crippen MR) is 81.4 cm³/mol. The highest BCUT2D eigenvalue weighted by atomic mass is 32.1. The molecule has 19 heavy (non-hydrogen) atoms. The molecule has 0 spiro atoms. The van der Waals surface area contributed by atoms with Gasteiger partial charge in [-0.05, 0) is 38.0 Å². The van der Waals surface area contributed by atoms with Crippen molar-refractivity contribution in [2.24, 2.45) is 5.92 Å². The van der Waals surface area contributed by atoms with Crippen LogP contribution >= 0.6 is 11.3 Å². The minimum absolute atomic E-state index is 0.368. The van der Waals surface area contributed by atoms with Crippen LogP contribution < -0.4 is 4.90 Å². The molecule has 0 aromatic carbocycles. The van der Waals surface area contributed by atoms with Crippen LogP contribution in [-0.4, -0.2) is 24.4 Å². The summed E-state index contributed by atoms with van der Waals surface area (Å²) in [5.74, 6) is 1.20. The van der Waals surface area contributed by atoms with Gasteiger partial charge in [-0.15, -0.1) is 0 Å². The third-order valence-corrected chi connectivity index (χ3v) is 5.27. The van der Waals surface area contributed by atoms with E-state index in [1.807, 2.05) is 0 Å². The van der Waals surface area contributed by atoms with Gasteiger partial charge in [-0.25, -0.2) is 4.98 Å². The molecule has 0 saturated heterocycles. The Morgan fingerprint density at radius 2 is 2.21 bits per heavy atom. The molecule has 1 heterocycles. The van der Waals surface area contributed by atoms with E-state index in [1.165, 1.54) is 19.3 Å². The number of hydrogen-bond acceptors (Lipinski definition) is 4. The first-order chi connectivity index (χ1) is 9.19. The van der Waals surface area contributed by atoms with Gasteiger partial charge < -0.3 is 4.90 Å².